The van der Waals surface area contributed by atoms with E-state index in [9.17, 15) is 0 Å². The molecule has 0 bridgehead atoms. The normalized spacial score (nSPS) is 36.4. The van der Waals surface area contributed by atoms with Crippen LogP contribution in [0, 0.1) is 41.9 Å². The van der Waals surface area contributed by atoms with Crippen molar-refractivity contribution in [3.8, 4) is 12.3 Å². The van der Waals surface area contributed by atoms with E-state index in [-0.39, 0.29) is 0 Å². The van der Waals surface area contributed by atoms with E-state index in [1.165, 1.54) is 6.42 Å². The zero-order chi connectivity index (χ0) is 10.0. The smallest absolute Gasteiger partial charge is 0.00886 e. The fraction of sp³-hybridized carbons (Fsp3) is 0.846. The van der Waals surface area contributed by atoms with Crippen LogP contribution in [-0.4, -0.2) is 0 Å². The largest absolute Gasteiger partial charge is 0.120 e. The van der Waals surface area contributed by atoms with Crippen LogP contribution in [0.15, 0.2) is 0 Å². The Morgan fingerprint density at radius 3 is 2.15 bits per heavy atom. The summed E-state index contributed by atoms with van der Waals surface area (Å²) in [5.74, 6) is 7.25. The molecule has 0 aliphatic heterocycles. The van der Waals surface area contributed by atoms with Crippen molar-refractivity contribution in [2.45, 2.75) is 40.5 Å². The van der Waals surface area contributed by atoms with Gasteiger partial charge in [-0.05, 0) is 36.0 Å². The lowest BCUT2D eigenvalue weighted by atomic mass is 9.86. The molecule has 74 valence electrons. The molecule has 0 amide bonds. The Balaban J connectivity index is 2.32. The third-order valence-electron chi connectivity index (χ3n) is 4.15. The van der Waals surface area contributed by atoms with Crippen molar-refractivity contribution < 1.29 is 0 Å². The van der Waals surface area contributed by atoms with Gasteiger partial charge in [0.2, 0.25) is 0 Å². The Kier molecular flexibility index (Phi) is 3.42. The second kappa shape index (κ2) is 4.18. The lowest BCUT2D eigenvalue weighted by molar-refractivity contribution is 0.312. The molecule has 0 aromatic rings. The molecule has 0 heteroatoms. The van der Waals surface area contributed by atoms with Gasteiger partial charge in [0.05, 0.1) is 0 Å². The molecule has 13 heavy (non-hydrogen) atoms. The monoisotopic (exact) mass is 178 g/mol. The van der Waals surface area contributed by atoms with E-state index >= 15 is 0 Å². The van der Waals surface area contributed by atoms with Crippen molar-refractivity contribution in [3.05, 3.63) is 0 Å². The highest BCUT2D eigenvalue weighted by Crippen LogP contribution is 2.52. The van der Waals surface area contributed by atoms with Gasteiger partial charge in [-0.25, -0.2) is 0 Å². The van der Waals surface area contributed by atoms with Crippen LogP contribution in [0.5, 0.6) is 0 Å². The molecule has 1 fully saturated rings. The minimum Gasteiger partial charge on any atom is -0.120 e. The summed E-state index contributed by atoms with van der Waals surface area (Å²) < 4.78 is 0. The highest BCUT2D eigenvalue weighted by Gasteiger charge is 2.46. The standard InChI is InChI=1S/C13H22/c1-6-7-8-9(2)10(3)13-11(4)12(13)5/h1,9-13H,7-8H2,2-5H3. The first-order valence-corrected chi connectivity index (χ1v) is 5.53. The lowest BCUT2D eigenvalue weighted by Crippen LogP contribution is -2.11. The van der Waals surface area contributed by atoms with Gasteiger partial charge in [-0.15, -0.1) is 12.3 Å². The van der Waals surface area contributed by atoms with Crippen LogP contribution in [0.3, 0.4) is 0 Å². The number of hydrogen-bond acceptors (Lipinski definition) is 0. The second-order valence-corrected chi connectivity index (χ2v) is 4.87. The summed E-state index contributed by atoms with van der Waals surface area (Å²) in [5.41, 5.74) is 0. The highest BCUT2D eigenvalue weighted by atomic mass is 14.5. The van der Waals surface area contributed by atoms with Crippen LogP contribution in [0.1, 0.15) is 40.5 Å². The van der Waals surface area contributed by atoms with Gasteiger partial charge in [-0.2, -0.15) is 0 Å². The van der Waals surface area contributed by atoms with Crippen LogP contribution in [0.25, 0.3) is 0 Å². The molecular weight excluding hydrogens is 156 g/mol. The number of hydrogen-bond donors (Lipinski definition) is 0. The average Bonchev–Trinajstić information content (AvgIpc) is 2.69. The van der Waals surface area contributed by atoms with Crippen LogP contribution in [0.4, 0.5) is 0 Å². The number of rotatable bonds is 4. The maximum atomic E-state index is 5.27. The molecule has 0 radical (unpaired) electrons. The summed E-state index contributed by atoms with van der Waals surface area (Å²) in [6.45, 7) is 9.49. The zero-order valence-electron chi connectivity index (χ0n) is 9.38. The van der Waals surface area contributed by atoms with Gasteiger partial charge in [0.25, 0.3) is 0 Å². The van der Waals surface area contributed by atoms with E-state index in [4.69, 9.17) is 6.42 Å². The maximum absolute atomic E-state index is 5.27. The maximum Gasteiger partial charge on any atom is 0.00886 e. The molecule has 0 saturated heterocycles. The van der Waals surface area contributed by atoms with E-state index in [0.29, 0.717) is 0 Å². The number of terminal acetylenes is 1. The first-order chi connectivity index (χ1) is 6.09. The van der Waals surface area contributed by atoms with Crippen molar-refractivity contribution in [1.29, 1.82) is 0 Å². The first kappa shape index (κ1) is 10.6. The third-order valence-corrected chi connectivity index (χ3v) is 4.15. The van der Waals surface area contributed by atoms with E-state index < -0.39 is 0 Å². The van der Waals surface area contributed by atoms with Gasteiger partial charge in [0, 0.05) is 6.42 Å². The molecule has 0 nitrogen and oxygen atoms in total. The Morgan fingerprint density at radius 1 is 1.23 bits per heavy atom. The SMILES string of the molecule is C#CCCC(C)C(C)C1C(C)C1C. The second-order valence-electron chi connectivity index (χ2n) is 4.87. The topological polar surface area (TPSA) is 0 Å². The van der Waals surface area contributed by atoms with Crippen LogP contribution in [-0.2, 0) is 0 Å². The fourth-order valence-electron chi connectivity index (χ4n) is 2.61. The van der Waals surface area contributed by atoms with Gasteiger partial charge >= 0.3 is 0 Å². The molecule has 0 aromatic carbocycles. The quantitative estimate of drug-likeness (QED) is 0.577. The van der Waals surface area contributed by atoms with Gasteiger partial charge in [0.15, 0.2) is 0 Å². The summed E-state index contributed by atoms with van der Waals surface area (Å²) in [7, 11) is 0. The minimum atomic E-state index is 0.799. The van der Waals surface area contributed by atoms with Crippen molar-refractivity contribution in [3.63, 3.8) is 0 Å². The minimum absolute atomic E-state index is 0.799. The van der Waals surface area contributed by atoms with Gasteiger partial charge < -0.3 is 0 Å². The Bertz CT molecular complexity index is 191. The van der Waals surface area contributed by atoms with Gasteiger partial charge in [-0.1, -0.05) is 27.7 Å². The fourth-order valence-corrected chi connectivity index (χ4v) is 2.61. The molecular formula is C13H22. The molecule has 0 aromatic heterocycles. The Morgan fingerprint density at radius 2 is 1.77 bits per heavy atom. The predicted octanol–water partition coefficient (Wildman–Crippen LogP) is 3.57. The van der Waals surface area contributed by atoms with Crippen molar-refractivity contribution in [2.75, 3.05) is 0 Å². The van der Waals surface area contributed by atoms with Crippen LogP contribution < -0.4 is 0 Å². The van der Waals surface area contributed by atoms with Crippen LogP contribution >= 0.6 is 0 Å². The summed E-state index contributed by atoms with van der Waals surface area (Å²) in [4.78, 5) is 0. The highest BCUT2D eigenvalue weighted by molar-refractivity contribution is 4.95. The van der Waals surface area contributed by atoms with E-state index in [1.54, 1.807) is 0 Å². The molecule has 4 unspecified atom stereocenters. The summed E-state index contributed by atoms with van der Waals surface area (Å²) in [6, 6.07) is 0. The van der Waals surface area contributed by atoms with E-state index in [2.05, 4.69) is 33.6 Å². The van der Waals surface area contributed by atoms with Gasteiger partial charge in [0.1, 0.15) is 0 Å². The Hall–Kier alpha value is -0.440. The molecule has 1 rings (SSSR count). The summed E-state index contributed by atoms with van der Waals surface area (Å²) in [5, 5.41) is 0. The van der Waals surface area contributed by atoms with Crippen molar-refractivity contribution in [2.24, 2.45) is 29.6 Å². The Labute approximate surface area is 83.1 Å². The van der Waals surface area contributed by atoms with Crippen molar-refractivity contribution >= 4 is 0 Å². The molecule has 0 N–H and O–H groups in total. The average molecular weight is 178 g/mol. The van der Waals surface area contributed by atoms with Crippen LogP contribution in [0.2, 0.25) is 0 Å². The zero-order valence-corrected chi connectivity index (χ0v) is 9.38. The van der Waals surface area contributed by atoms with E-state index in [1.807, 2.05) is 0 Å². The molecule has 1 aliphatic rings. The first-order valence-electron chi connectivity index (χ1n) is 5.53. The summed E-state index contributed by atoms with van der Waals surface area (Å²) in [6.07, 6.45) is 7.42. The molecule has 4 atom stereocenters. The molecule has 0 spiro atoms. The molecule has 1 aliphatic carbocycles. The molecule has 1 saturated carbocycles. The molecule has 0 heterocycles. The predicted molar refractivity (Wildman–Crippen MR) is 58.2 cm³/mol. The lowest BCUT2D eigenvalue weighted by Gasteiger charge is -2.19. The van der Waals surface area contributed by atoms with Crippen molar-refractivity contribution in [1.82, 2.24) is 0 Å². The third kappa shape index (κ3) is 2.27. The van der Waals surface area contributed by atoms with E-state index in [0.717, 1.165) is 36.0 Å². The summed E-state index contributed by atoms with van der Waals surface area (Å²) >= 11 is 0. The van der Waals surface area contributed by atoms with Gasteiger partial charge in [-0.3, -0.25) is 0 Å².